The van der Waals surface area contributed by atoms with Crippen LogP contribution in [0.15, 0.2) is 10.7 Å². The highest BCUT2D eigenvalue weighted by Crippen LogP contribution is 2.44. The number of hydrogen-bond acceptors (Lipinski definition) is 2. The maximum atomic E-state index is 4.30. The Bertz CT molecular complexity index is 329. The highest BCUT2D eigenvalue weighted by molar-refractivity contribution is 9.10. The Labute approximate surface area is 106 Å². The molecule has 1 N–H and O–H groups in total. The number of aromatic nitrogens is 2. The highest BCUT2D eigenvalue weighted by atomic mass is 79.9. The molecule has 0 aromatic carbocycles. The van der Waals surface area contributed by atoms with Crippen LogP contribution in [0.5, 0.6) is 0 Å². The van der Waals surface area contributed by atoms with Crippen molar-refractivity contribution in [1.29, 1.82) is 0 Å². The van der Waals surface area contributed by atoms with E-state index in [0.717, 1.165) is 19.0 Å². The van der Waals surface area contributed by atoms with E-state index in [9.17, 15) is 0 Å². The van der Waals surface area contributed by atoms with Gasteiger partial charge in [-0.05, 0) is 54.2 Å². The first-order valence-corrected chi connectivity index (χ1v) is 6.91. The van der Waals surface area contributed by atoms with Gasteiger partial charge in [0.2, 0.25) is 0 Å². The molecule has 1 saturated carbocycles. The van der Waals surface area contributed by atoms with Gasteiger partial charge >= 0.3 is 0 Å². The molecule has 1 aromatic heterocycles. The Kier molecular flexibility index (Phi) is 4.03. The smallest absolute Gasteiger partial charge is 0.0635 e. The van der Waals surface area contributed by atoms with Crippen LogP contribution >= 0.6 is 15.9 Å². The second kappa shape index (κ2) is 5.32. The van der Waals surface area contributed by atoms with Crippen LogP contribution in [-0.2, 0) is 7.05 Å². The fourth-order valence-electron chi connectivity index (χ4n) is 2.47. The number of halogens is 1. The third kappa shape index (κ3) is 2.33. The van der Waals surface area contributed by atoms with E-state index < -0.39 is 0 Å². The summed E-state index contributed by atoms with van der Waals surface area (Å²) in [6, 6.07) is 0. The third-order valence-electron chi connectivity index (χ3n) is 3.54. The number of rotatable bonds is 5. The first-order valence-electron chi connectivity index (χ1n) is 6.12. The van der Waals surface area contributed by atoms with Crippen LogP contribution in [0.4, 0.5) is 0 Å². The van der Waals surface area contributed by atoms with Crippen molar-refractivity contribution in [2.24, 2.45) is 13.0 Å². The molecular formula is C12H20BrN3. The Morgan fingerprint density at radius 1 is 1.56 bits per heavy atom. The molecule has 0 amide bonds. The summed E-state index contributed by atoms with van der Waals surface area (Å²) in [5.41, 5.74) is 1.37. The molecule has 2 atom stereocenters. The van der Waals surface area contributed by atoms with Gasteiger partial charge in [0, 0.05) is 13.0 Å². The lowest BCUT2D eigenvalue weighted by atomic mass is 9.72. The van der Waals surface area contributed by atoms with E-state index in [2.05, 4.69) is 33.3 Å². The lowest BCUT2D eigenvalue weighted by Gasteiger charge is -2.37. The Balaban J connectivity index is 1.95. The minimum Gasteiger partial charge on any atom is -0.316 e. The molecule has 4 heteroatoms. The fraction of sp³-hybridized carbons (Fsp3) is 0.750. The predicted octanol–water partition coefficient (Wildman–Crippen LogP) is 2.68. The Morgan fingerprint density at radius 2 is 2.38 bits per heavy atom. The summed E-state index contributed by atoms with van der Waals surface area (Å²) in [5, 5.41) is 7.82. The minimum absolute atomic E-state index is 0.686. The third-order valence-corrected chi connectivity index (χ3v) is 4.15. The van der Waals surface area contributed by atoms with Gasteiger partial charge in [0.25, 0.3) is 0 Å². The zero-order valence-electron chi connectivity index (χ0n) is 10.0. The molecule has 0 saturated heterocycles. The minimum atomic E-state index is 0.686. The summed E-state index contributed by atoms with van der Waals surface area (Å²) < 4.78 is 3.18. The van der Waals surface area contributed by atoms with E-state index in [1.807, 2.05) is 17.9 Å². The number of nitrogens with zero attached hydrogens (tertiary/aromatic N) is 2. The summed E-state index contributed by atoms with van der Waals surface area (Å²) in [7, 11) is 2.04. The average molecular weight is 286 g/mol. The summed E-state index contributed by atoms with van der Waals surface area (Å²) in [4.78, 5) is 0. The number of aryl methyl sites for hydroxylation is 1. The van der Waals surface area contributed by atoms with Crippen LogP contribution < -0.4 is 5.32 Å². The molecule has 0 bridgehead atoms. The zero-order chi connectivity index (χ0) is 11.5. The Hall–Kier alpha value is -0.350. The summed E-state index contributed by atoms with van der Waals surface area (Å²) >= 11 is 3.60. The molecule has 3 nitrogen and oxygen atoms in total. The van der Waals surface area contributed by atoms with Gasteiger partial charge in [-0.25, -0.2) is 0 Å². The SMILES string of the molecule is CCCNCC1CCC1c1c(Br)cnn1C. The van der Waals surface area contributed by atoms with Crippen LogP contribution in [-0.4, -0.2) is 22.9 Å². The quantitative estimate of drug-likeness (QED) is 0.843. The number of nitrogens with one attached hydrogen (secondary N) is 1. The van der Waals surface area contributed by atoms with Gasteiger partial charge in [0.05, 0.1) is 16.4 Å². The second-order valence-electron chi connectivity index (χ2n) is 4.65. The fourth-order valence-corrected chi connectivity index (χ4v) is 3.12. The standard InChI is InChI=1S/C12H20BrN3/c1-3-6-14-7-9-4-5-10(9)12-11(13)8-15-16(12)2/h8-10,14H,3-7H2,1-2H3. The van der Waals surface area contributed by atoms with Crippen molar-refractivity contribution in [3.63, 3.8) is 0 Å². The van der Waals surface area contributed by atoms with E-state index in [-0.39, 0.29) is 0 Å². The van der Waals surface area contributed by atoms with Crippen molar-refractivity contribution in [2.75, 3.05) is 13.1 Å². The molecule has 0 aliphatic heterocycles. The molecule has 1 heterocycles. The monoisotopic (exact) mass is 285 g/mol. The number of hydrogen-bond donors (Lipinski definition) is 1. The molecule has 0 spiro atoms. The van der Waals surface area contributed by atoms with Gasteiger partial charge in [0.15, 0.2) is 0 Å². The van der Waals surface area contributed by atoms with E-state index in [1.165, 1.54) is 29.4 Å². The van der Waals surface area contributed by atoms with Gasteiger partial charge in [-0.3, -0.25) is 4.68 Å². The molecule has 0 radical (unpaired) electrons. The first kappa shape index (κ1) is 12.1. The average Bonchev–Trinajstić information content (AvgIpc) is 2.55. The van der Waals surface area contributed by atoms with E-state index in [1.54, 1.807) is 0 Å². The van der Waals surface area contributed by atoms with Gasteiger partial charge in [-0.15, -0.1) is 0 Å². The summed E-state index contributed by atoms with van der Waals surface area (Å²) in [5.74, 6) is 1.48. The van der Waals surface area contributed by atoms with Crippen molar-refractivity contribution in [3.8, 4) is 0 Å². The first-order chi connectivity index (χ1) is 7.74. The van der Waals surface area contributed by atoms with Crippen LogP contribution in [0.3, 0.4) is 0 Å². The van der Waals surface area contributed by atoms with Crippen LogP contribution in [0, 0.1) is 5.92 Å². The van der Waals surface area contributed by atoms with Crippen LogP contribution in [0.1, 0.15) is 37.8 Å². The molecule has 90 valence electrons. The van der Waals surface area contributed by atoms with Gasteiger partial charge in [-0.2, -0.15) is 5.10 Å². The molecule has 1 aliphatic carbocycles. The van der Waals surface area contributed by atoms with Gasteiger partial charge in [-0.1, -0.05) is 6.92 Å². The second-order valence-corrected chi connectivity index (χ2v) is 5.50. The predicted molar refractivity (Wildman–Crippen MR) is 69.5 cm³/mol. The summed E-state index contributed by atoms with van der Waals surface area (Å²) in [6.07, 6.45) is 5.77. The molecular weight excluding hydrogens is 266 g/mol. The van der Waals surface area contributed by atoms with Crippen molar-refractivity contribution in [1.82, 2.24) is 15.1 Å². The van der Waals surface area contributed by atoms with Crippen molar-refractivity contribution in [3.05, 3.63) is 16.4 Å². The molecule has 16 heavy (non-hydrogen) atoms. The molecule has 1 aromatic rings. The van der Waals surface area contributed by atoms with E-state index >= 15 is 0 Å². The van der Waals surface area contributed by atoms with Crippen LogP contribution in [0.2, 0.25) is 0 Å². The maximum Gasteiger partial charge on any atom is 0.0635 e. The molecule has 1 fully saturated rings. The lowest BCUT2D eigenvalue weighted by molar-refractivity contribution is 0.235. The van der Waals surface area contributed by atoms with Gasteiger partial charge < -0.3 is 5.32 Å². The van der Waals surface area contributed by atoms with Crippen LogP contribution in [0.25, 0.3) is 0 Å². The molecule has 2 unspecified atom stereocenters. The maximum absolute atomic E-state index is 4.30. The highest BCUT2D eigenvalue weighted by Gasteiger charge is 2.34. The van der Waals surface area contributed by atoms with Crippen molar-refractivity contribution >= 4 is 15.9 Å². The topological polar surface area (TPSA) is 29.9 Å². The lowest BCUT2D eigenvalue weighted by Crippen LogP contribution is -2.35. The molecule has 2 rings (SSSR count). The summed E-state index contributed by atoms with van der Waals surface area (Å²) in [6.45, 7) is 4.49. The largest absolute Gasteiger partial charge is 0.316 e. The molecule has 1 aliphatic rings. The van der Waals surface area contributed by atoms with E-state index in [0.29, 0.717) is 5.92 Å². The Morgan fingerprint density at radius 3 is 2.88 bits per heavy atom. The van der Waals surface area contributed by atoms with E-state index in [4.69, 9.17) is 0 Å². The van der Waals surface area contributed by atoms with Crippen molar-refractivity contribution < 1.29 is 0 Å². The zero-order valence-corrected chi connectivity index (χ0v) is 11.6. The normalized spacial score (nSPS) is 24.4. The van der Waals surface area contributed by atoms with Gasteiger partial charge in [0.1, 0.15) is 0 Å². The van der Waals surface area contributed by atoms with Crippen molar-refractivity contribution in [2.45, 2.75) is 32.1 Å².